The number of carbonyl (C=O) groups is 2. The van der Waals surface area contributed by atoms with Crippen LogP contribution in [0.5, 0.6) is 0 Å². The van der Waals surface area contributed by atoms with Crippen molar-refractivity contribution in [1.82, 2.24) is 34.8 Å². The highest BCUT2D eigenvalue weighted by Gasteiger charge is 2.37. The monoisotopic (exact) mass is 406 g/mol. The lowest BCUT2D eigenvalue weighted by Gasteiger charge is -2.32. The SMILES string of the molecule is CN1C(=O)CC(C)(c2cc(NC(=O)c3cnc(-n4nccn4)cn3)ccn2)N=C1N. The van der Waals surface area contributed by atoms with Crippen LogP contribution in [0.4, 0.5) is 5.69 Å². The van der Waals surface area contributed by atoms with Gasteiger partial charge < -0.3 is 11.1 Å². The molecule has 1 aliphatic heterocycles. The zero-order valence-electron chi connectivity index (χ0n) is 16.2. The van der Waals surface area contributed by atoms with Crippen LogP contribution in [-0.4, -0.2) is 59.7 Å². The van der Waals surface area contributed by atoms with E-state index >= 15 is 0 Å². The van der Waals surface area contributed by atoms with Crippen LogP contribution in [0.3, 0.4) is 0 Å². The standard InChI is InChI=1S/C18H18N10O2/c1-18(8-15(29)27(2)17(19)26-18)13-7-11(3-4-20-13)25-16(30)12-9-22-14(10-21-12)28-23-5-6-24-28/h3-7,9-10H,8H2,1-2H3,(H2,19,26)(H,20,25,30). The molecule has 0 radical (unpaired) electrons. The molecule has 1 aliphatic rings. The first-order valence-corrected chi connectivity index (χ1v) is 8.94. The van der Waals surface area contributed by atoms with Crippen LogP contribution in [0.25, 0.3) is 5.82 Å². The van der Waals surface area contributed by atoms with Crippen molar-refractivity contribution in [3.8, 4) is 5.82 Å². The molecule has 0 spiro atoms. The van der Waals surface area contributed by atoms with Crippen molar-refractivity contribution in [2.24, 2.45) is 10.7 Å². The van der Waals surface area contributed by atoms with Crippen LogP contribution >= 0.6 is 0 Å². The number of pyridine rings is 1. The molecular formula is C18H18N10O2. The maximum atomic E-state index is 12.5. The summed E-state index contributed by atoms with van der Waals surface area (Å²) in [5.41, 5.74) is 6.04. The van der Waals surface area contributed by atoms with Crippen LogP contribution in [-0.2, 0) is 10.3 Å². The van der Waals surface area contributed by atoms with Crippen LogP contribution in [0.1, 0.15) is 29.5 Å². The molecule has 0 saturated carbocycles. The predicted molar refractivity (Wildman–Crippen MR) is 106 cm³/mol. The average Bonchev–Trinajstić information content (AvgIpc) is 3.27. The van der Waals surface area contributed by atoms with Crippen LogP contribution in [0.15, 0.2) is 48.1 Å². The van der Waals surface area contributed by atoms with Crippen molar-refractivity contribution < 1.29 is 9.59 Å². The van der Waals surface area contributed by atoms with Gasteiger partial charge in [-0.3, -0.25) is 19.5 Å². The summed E-state index contributed by atoms with van der Waals surface area (Å²) in [5, 5.41) is 10.7. The Bertz CT molecular complexity index is 1130. The Hall–Kier alpha value is -4.22. The predicted octanol–water partition coefficient (Wildman–Crippen LogP) is 0.0966. The number of hydrogen-bond donors (Lipinski definition) is 2. The number of nitrogens with zero attached hydrogens (tertiary/aromatic N) is 8. The third kappa shape index (κ3) is 3.57. The van der Waals surface area contributed by atoms with Crippen molar-refractivity contribution in [2.75, 3.05) is 12.4 Å². The summed E-state index contributed by atoms with van der Waals surface area (Å²) in [6, 6.07) is 3.28. The highest BCUT2D eigenvalue weighted by molar-refractivity contribution is 6.02. The minimum absolute atomic E-state index is 0.114. The molecule has 0 fully saturated rings. The Morgan fingerprint density at radius 2 is 1.93 bits per heavy atom. The van der Waals surface area contributed by atoms with E-state index < -0.39 is 11.4 Å². The number of nitrogens with two attached hydrogens (primary N) is 1. The molecule has 1 unspecified atom stereocenters. The molecule has 12 heteroatoms. The molecule has 0 saturated heterocycles. The third-order valence-corrected chi connectivity index (χ3v) is 4.64. The zero-order chi connectivity index (χ0) is 21.3. The van der Waals surface area contributed by atoms with Gasteiger partial charge in [-0.05, 0) is 19.1 Å². The number of amides is 2. The van der Waals surface area contributed by atoms with E-state index in [0.29, 0.717) is 17.2 Å². The largest absolute Gasteiger partial charge is 0.369 e. The highest BCUT2D eigenvalue weighted by atomic mass is 16.2. The first-order valence-electron chi connectivity index (χ1n) is 8.94. The van der Waals surface area contributed by atoms with Gasteiger partial charge in [0.05, 0.1) is 36.9 Å². The number of guanidine groups is 1. The number of hydrogen-bond acceptors (Lipinski definition) is 9. The fraction of sp³-hybridized carbons (Fsp3) is 0.222. The molecule has 30 heavy (non-hydrogen) atoms. The zero-order valence-corrected chi connectivity index (χ0v) is 16.2. The fourth-order valence-corrected chi connectivity index (χ4v) is 2.93. The Labute approximate surface area is 170 Å². The average molecular weight is 406 g/mol. The van der Waals surface area contributed by atoms with Crippen molar-refractivity contribution >= 4 is 23.5 Å². The minimum Gasteiger partial charge on any atom is -0.369 e. The summed E-state index contributed by atoms with van der Waals surface area (Å²) in [6.45, 7) is 1.77. The maximum absolute atomic E-state index is 12.5. The van der Waals surface area contributed by atoms with Crippen molar-refractivity contribution in [1.29, 1.82) is 0 Å². The van der Waals surface area contributed by atoms with Gasteiger partial charge in [0, 0.05) is 18.9 Å². The molecule has 0 aliphatic carbocycles. The van der Waals surface area contributed by atoms with E-state index in [4.69, 9.17) is 5.73 Å². The van der Waals surface area contributed by atoms with E-state index in [0.717, 1.165) is 0 Å². The number of aromatic nitrogens is 6. The normalized spacial score (nSPS) is 18.8. The fourth-order valence-electron chi connectivity index (χ4n) is 2.93. The summed E-state index contributed by atoms with van der Waals surface area (Å²) in [7, 11) is 1.57. The smallest absolute Gasteiger partial charge is 0.275 e. The van der Waals surface area contributed by atoms with Gasteiger partial charge in [0.2, 0.25) is 5.91 Å². The van der Waals surface area contributed by atoms with E-state index in [1.54, 1.807) is 26.1 Å². The number of carbonyl (C=O) groups excluding carboxylic acids is 2. The lowest BCUT2D eigenvalue weighted by atomic mass is 9.91. The molecule has 4 heterocycles. The van der Waals surface area contributed by atoms with E-state index in [-0.39, 0.29) is 24.0 Å². The van der Waals surface area contributed by atoms with E-state index in [9.17, 15) is 9.59 Å². The van der Waals surface area contributed by atoms with Gasteiger partial charge in [0.1, 0.15) is 11.2 Å². The van der Waals surface area contributed by atoms with Crippen molar-refractivity contribution in [2.45, 2.75) is 18.9 Å². The summed E-state index contributed by atoms with van der Waals surface area (Å²) in [5.74, 6) is -0.111. The molecule has 3 aromatic rings. The molecular weight excluding hydrogens is 388 g/mol. The van der Waals surface area contributed by atoms with Crippen LogP contribution in [0.2, 0.25) is 0 Å². The van der Waals surface area contributed by atoms with Crippen LogP contribution in [0, 0.1) is 0 Å². The molecule has 0 aromatic carbocycles. The van der Waals surface area contributed by atoms with Crippen LogP contribution < -0.4 is 11.1 Å². The lowest BCUT2D eigenvalue weighted by molar-refractivity contribution is -0.128. The van der Waals surface area contributed by atoms with Gasteiger partial charge >= 0.3 is 0 Å². The molecule has 1 atom stereocenters. The molecule has 4 rings (SSSR count). The van der Waals surface area contributed by atoms with Gasteiger partial charge in [-0.2, -0.15) is 10.2 Å². The first-order chi connectivity index (χ1) is 14.4. The minimum atomic E-state index is -0.924. The van der Waals surface area contributed by atoms with E-state index in [2.05, 4.69) is 35.5 Å². The van der Waals surface area contributed by atoms with Gasteiger partial charge in [-0.25, -0.2) is 15.0 Å². The van der Waals surface area contributed by atoms with Gasteiger partial charge in [0.25, 0.3) is 5.91 Å². The number of rotatable bonds is 4. The van der Waals surface area contributed by atoms with Gasteiger partial charge in [-0.1, -0.05) is 0 Å². The maximum Gasteiger partial charge on any atom is 0.275 e. The van der Waals surface area contributed by atoms with Crippen molar-refractivity contribution in [3.63, 3.8) is 0 Å². The number of anilines is 1. The highest BCUT2D eigenvalue weighted by Crippen LogP contribution is 2.32. The molecule has 3 N–H and O–H groups in total. The lowest BCUT2D eigenvalue weighted by Crippen LogP contribution is -2.47. The second-order valence-electron chi connectivity index (χ2n) is 6.84. The second-order valence-corrected chi connectivity index (χ2v) is 6.84. The van der Waals surface area contributed by atoms with E-state index in [1.165, 1.54) is 40.7 Å². The number of nitrogens with one attached hydrogen (secondary N) is 1. The molecule has 3 aromatic heterocycles. The summed E-state index contributed by atoms with van der Waals surface area (Å²) in [4.78, 5) is 44.3. The quantitative estimate of drug-likeness (QED) is 0.617. The van der Waals surface area contributed by atoms with Gasteiger partial charge in [-0.15, -0.1) is 4.80 Å². The Kier molecular flexibility index (Phi) is 4.66. The molecule has 2 amide bonds. The summed E-state index contributed by atoms with van der Waals surface area (Å²) < 4.78 is 0. The summed E-state index contributed by atoms with van der Waals surface area (Å²) in [6.07, 6.45) is 7.40. The molecule has 12 nitrogen and oxygen atoms in total. The third-order valence-electron chi connectivity index (χ3n) is 4.64. The van der Waals surface area contributed by atoms with Gasteiger partial charge in [0.15, 0.2) is 11.8 Å². The first kappa shape index (κ1) is 19.1. The summed E-state index contributed by atoms with van der Waals surface area (Å²) >= 11 is 0. The van der Waals surface area contributed by atoms with Crippen molar-refractivity contribution in [3.05, 3.63) is 54.5 Å². The molecule has 152 valence electrons. The number of aliphatic imine (C=N–C) groups is 1. The molecule has 0 bridgehead atoms. The second kappa shape index (κ2) is 7.31. The Morgan fingerprint density at radius 3 is 2.60 bits per heavy atom. The van der Waals surface area contributed by atoms with E-state index in [1.807, 2.05) is 0 Å². The Morgan fingerprint density at radius 1 is 1.17 bits per heavy atom. The Balaban J connectivity index is 1.53. The topological polar surface area (TPSA) is 157 Å².